The van der Waals surface area contributed by atoms with Gasteiger partial charge in [0, 0.05) is 0 Å². The third-order valence-electron chi connectivity index (χ3n) is 8.61. The fraction of sp³-hybridized carbons (Fsp3) is 0.613. The molecule has 10 heteroatoms. The summed E-state index contributed by atoms with van der Waals surface area (Å²) in [6.07, 6.45) is 9.20. The van der Waals surface area contributed by atoms with Gasteiger partial charge in [0.15, 0.2) is 0 Å². The maximum atomic E-state index is 12.8. The second-order valence-electron chi connectivity index (χ2n) is 14.0. The van der Waals surface area contributed by atoms with Gasteiger partial charge < -0.3 is 4.74 Å². The molecule has 220 valence electrons. The average molecular weight is 668 g/mol. The maximum absolute atomic E-state index is 12.8. The van der Waals surface area contributed by atoms with Crippen LogP contribution in [0.2, 0.25) is 14.8 Å². The molecule has 0 radical (unpaired) electrons. The number of likely N-dealkylation sites (tertiary alicyclic amines) is 1. The van der Waals surface area contributed by atoms with E-state index < -0.39 is 24.0 Å². The molecule has 2 aliphatic heterocycles. The predicted octanol–water partition coefficient (Wildman–Crippen LogP) is 5.91. The van der Waals surface area contributed by atoms with Crippen molar-refractivity contribution in [1.82, 2.24) is 24.6 Å². The number of amides is 1. The molecule has 0 N–H and O–H groups in total. The molecule has 1 aromatic carbocycles. The van der Waals surface area contributed by atoms with E-state index in [9.17, 15) is 4.79 Å². The van der Waals surface area contributed by atoms with Gasteiger partial charge in [0.2, 0.25) is 0 Å². The second kappa shape index (κ2) is 10.7. The van der Waals surface area contributed by atoms with Crippen molar-refractivity contribution < 1.29 is 19.0 Å². The summed E-state index contributed by atoms with van der Waals surface area (Å²) in [6, 6.07) is 6.81. The van der Waals surface area contributed by atoms with E-state index in [2.05, 4.69) is 38.0 Å². The Morgan fingerprint density at radius 3 is 2.61 bits per heavy atom. The minimum atomic E-state index is -2.35. The van der Waals surface area contributed by atoms with Crippen LogP contribution < -0.4 is 8.32 Å². The van der Waals surface area contributed by atoms with Crippen molar-refractivity contribution in [3.05, 3.63) is 30.6 Å². The summed E-state index contributed by atoms with van der Waals surface area (Å²) >= 11 is -2.35. The monoisotopic (exact) mass is 669 g/mol. The SMILES string of the molecule is CC(C)(C)OC(=O)N1CCC2(CC2)[C@@H](Oc2cncc(-c3nn(C4CCCCO4)c4cc[c]([Sn]([CH3])([CH3])[CH3])cc34)n2)C1. The summed E-state index contributed by atoms with van der Waals surface area (Å²) in [7, 11) is 0. The molecule has 41 heavy (non-hydrogen) atoms. The number of rotatable bonds is 5. The van der Waals surface area contributed by atoms with Crippen LogP contribution >= 0.6 is 0 Å². The Kier molecular flexibility index (Phi) is 7.49. The van der Waals surface area contributed by atoms with Crippen molar-refractivity contribution in [2.45, 2.75) is 92.0 Å². The van der Waals surface area contributed by atoms with Crippen LogP contribution in [-0.4, -0.2) is 80.5 Å². The Morgan fingerprint density at radius 2 is 1.93 bits per heavy atom. The number of hydrogen-bond donors (Lipinski definition) is 0. The number of fused-ring (bicyclic) bond motifs is 1. The quantitative estimate of drug-likeness (QED) is 0.313. The van der Waals surface area contributed by atoms with Crippen molar-refractivity contribution in [3.8, 4) is 17.3 Å². The van der Waals surface area contributed by atoms with E-state index in [1.807, 2.05) is 25.5 Å². The van der Waals surface area contributed by atoms with Crippen molar-refractivity contribution >= 4 is 39.0 Å². The van der Waals surface area contributed by atoms with Gasteiger partial charge in [0.1, 0.15) is 5.60 Å². The third kappa shape index (κ3) is 6.07. The summed E-state index contributed by atoms with van der Waals surface area (Å²) in [5.41, 5.74) is 2.12. The van der Waals surface area contributed by atoms with Crippen molar-refractivity contribution in [2.24, 2.45) is 5.41 Å². The molecule has 1 amide bonds. The zero-order valence-electron chi connectivity index (χ0n) is 25.3. The van der Waals surface area contributed by atoms with Gasteiger partial charge in [-0.25, -0.2) is 4.79 Å². The molecule has 3 fully saturated rings. The standard InChI is InChI=1S/C28H34N5O4.3CH3.Sn/c1-27(2,3)37-26(34)32-14-13-28(11-12-28)22(18-32)36-23-17-29-16-20(30-23)25-19-8-4-5-9-21(19)33(31-25)24-10-6-7-15-35-24;;;;/h5,8-9,16-17,22,24H,6-7,10-15,18H2,1-3H3;3*1H3;/t22-,24?;;;;/m0..../s1. The van der Waals surface area contributed by atoms with Gasteiger partial charge in [-0.05, 0) is 20.8 Å². The topological polar surface area (TPSA) is 91.6 Å². The minimum absolute atomic E-state index is 0.0767. The molecule has 4 heterocycles. The number of benzene rings is 1. The van der Waals surface area contributed by atoms with E-state index in [-0.39, 0.29) is 23.8 Å². The van der Waals surface area contributed by atoms with Gasteiger partial charge in [-0.2, -0.15) is 0 Å². The van der Waals surface area contributed by atoms with Gasteiger partial charge in [-0.1, -0.05) is 0 Å². The molecular formula is C31H43N5O4Sn. The average Bonchev–Trinajstić information content (AvgIpc) is 3.59. The van der Waals surface area contributed by atoms with Crippen molar-refractivity contribution in [3.63, 3.8) is 0 Å². The fourth-order valence-electron chi connectivity index (χ4n) is 5.99. The molecule has 3 aromatic rings. The van der Waals surface area contributed by atoms with Crippen molar-refractivity contribution in [2.75, 3.05) is 19.7 Å². The van der Waals surface area contributed by atoms with Gasteiger partial charge >= 0.3 is 212 Å². The van der Waals surface area contributed by atoms with Crippen LogP contribution in [0.15, 0.2) is 30.6 Å². The van der Waals surface area contributed by atoms with Crippen LogP contribution in [0.4, 0.5) is 4.79 Å². The zero-order chi connectivity index (χ0) is 29.0. The number of nitrogens with zero attached hydrogens (tertiary/aromatic N) is 5. The Balaban J connectivity index is 1.31. The van der Waals surface area contributed by atoms with Gasteiger partial charge in [0.05, 0.1) is 0 Å². The normalized spacial score (nSPS) is 22.6. The Bertz CT molecular complexity index is 1430. The fourth-order valence-corrected chi connectivity index (χ4v) is 9.30. The Hall–Kier alpha value is -2.40. The molecule has 1 saturated carbocycles. The molecular weight excluding hydrogens is 625 g/mol. The number of hydrogen-bond acceptors (Lipinski definition) is 7. The summed E-state index contributed by atoms with van der Waals surface area (Å²) in [5, 5.41) is 6.18. The first-order valence-electron chi connectivity index (χ1n) is 15.0. The summed E-state index contributed by atoms with van der Waals surface area (Å²) in [6.45, 7) is 7.61. The van der Waals surface area contributed by atoms with Crippen LogP contribution in [0.25, 0.3) is 22.3 Å². The molecule has 0 bridgehead atoms. The molecule has 2 atom stereocenters. The summed E-state index contributed by atoms with van der Waals surface area (Å²) < 4.78 is 21.8. The van der Waals surface area contributed by atoms with Gasteiger partial charge in [-0.15, -0.1) is 0 Å². The van der Waals surface area contributed by atoms with E-state index in [1.54, 1.807) is 17.3 Å². The molecule has 1 unspecified atom stereocenters. The molecule has 2 aromatic heterocycles. The first kappa shape index (κ1) is 28.7. The van der Waals surface area contributed by atoms with Crippen LogP contribution in [0.1, 0.15) is 65.5 Å². The number of ether oxygens (including phenoxy) is 3. The summed E-state index contributed by atoms with van der Waals surface area (Å²) in [5.74, 6) is 0.465. The van der Waals surface area contributed by atoms with Gasteiger partial charge in [0.25, 0.3) is 0 Å². The zero-order valence-corrected chi connectivity index (χ0v) is 28.1. The first-order chi connectivity index (χ1) is 19.4. The predicted molar refractivity (Wildman–Crippen MR) is 161 cm³/mol. The van der Waals surface area contributed by atoms with E-state index in [1.165, 1.54) is 3.58 Å². The number of aromatic nitrogens is 4. The van der Waals surface area contributed by atoms with Crippen LogP contribution in [-0.2, 0) is 9.47 Å². The number of piperidine rings is 1. The van der Waals surface area contributed by atoms with E-state index >= 15 is 0 Å². The van der Waals surface area contributed by atoms with Gasteiger partial charge in [-0.3, -0.25) is 0 Å². The van der Waals surface area contributed by atoms with Crippen molar-refractivity contribution in [1.29, 1.82) is 0 Å². The number of carbonyl (C=O) groups excluding carboxylic acids is 1. The Labute approximate surface area is 246 Å². The molecule has 6 rings (SSSR count). The van der Waals surface area contributed by atoms with E-state index in [0.717, 1.165) is 61.7 Å². The molecule has 1 spiro atoms. The van der Waals surface area contributed by atoms with E-state index in [0.29, 0.717) is 24.7 Å². The first-order valence-corrected chi connectivity index (χ1v) is 25.0. The van der Waals surface area contributed by atoms with Crippen LogP contribution in [0.3, 0.4) is 0 Å². The number of carbonyl (C=O) groups is 1. The molecule has 9 nitrogen and oxygen atoms in total. The Morgan fingerprint density at radius 1 is 1.12 bits per heavy atom. The van der Waals surface area contributed by atoms with Crippen LogP contribution in [0, 0.1) is 5.41 Å². The third-order valence-corrected chi connectivity index (χ3v) is 14.4. The van der Waals surface area contributed by atoms with Crippen LogP contribution in [0.5, 0.6) is 5.88 Å². The second-order valence-corrected chi connectivity index (χ2v) is 28.5. The molecule has 2 saturated heterocycles. The molecule has 1 aliphatic carbocycles. The van der Waals surface area contributed by atoms with E-state index in [4.69, 9.17) is 24.3 Å². The summed E-state index contributed by atoms with van der Waals surface area (Å²) in [4.78, 5) is 31.4. The molecule has 3 aliphatic rings.